The van der Waals surface area contributed by atoms with Gasteiger partial charge in [-0.3, -0.25) is 14.5 Å². The van der Waals surface area contributed by atoms with Crippen molar-refractivity contribution in [3.63, 3.8) is 0 Å². The lowest BCUT2D eigenvalue weighted by atomic mass is 9.93. The lowest BCUT2D eigenvalue weighted by molar-refractivity contribution is -0.156. The van der Waals surface area contributed by atoms with Crippen molar-refractivity contribution in [3.8, 4) is 0 Å². The fraction of sp³-hybridized carbons (Fsp3) is 0.633. The summed E-state index contributed by atoms with van der Waals surface area (Å²) in [5, 5.41) is 1.56. The van der Waals surface area contributed by atoms with Crippen molar-refractivity contribution >= 4 is 38.8 Å². The molecular weight excluding hydrogens is 562 g/mol. The van der Waals surface area contributed by atoms with E-state index in [2.05, 4.69) is 27.8 Å². The number of benzene rings is 1. The molecule has 1 unspecified atom stereocenters. The van der Waals surface area contributed by atoms with Crippen LogP contribution in [0.5, 0.6) is 0 Å². The zero-order valence-electron chi connectivity index (χ0n) is 24.9. The van der Waals surface area contributed by atoms with Crippen molar-refractivity contribution in [1.82, 2.24) is 14.4 Å². The molecule has 2 aromatic rings. The SMILES string of the molecule is CC1CN(C(=O)OC(C)(C)C)CCN1Cc1cn(CC(C)(C)COC(=O)C(C)(C)C)c(=O)c2ccc(Br)cc12. The summed E-state index contributed by atoms with van der Waals surface area (Å²) in [6.45, 7) is 20.3. The molecule has 0 bridgehead atoms. The van der Waals surface area contributed by atoms with Gasteiger partial charge in [-0.15, -0.1) is 0 Å². The van der Waals surface area contributed by atoms with Crippen LogP contribution in [-0.2, 0) is 27.4 Å². The summed E-state index contributed by atoms with van der Waals surface area (Å²) in [6.07, 6.45) is 1.66. The Morgan fingerprint density at radius 2 is 1.69 bits per heavy atom. The first-order valence-electron chi connectivity index (χ1n) is 13.6. The van der Waals surface area contributed by atoms with Crippen molar-refractivity contribution in [2.75, 3.05) is 26.2 Å². The summed E-state index contributed by atoms with van der Waals surface area (Å²) >= 11 is 3.56. The highest BCUT2D eigenvalue weighted by atomic mass is 79.9. The van der Waals surface area contributed by atoms with Gasteiger partial charge < -0.3 is 18.9 Å². The molecule has 216 valence electrons. The number of ether oxygens (including phenoxy) is 2. The zero-order chi connectivity index (χ0) is 29.3. The van der Waals surface area contributed by atoms with Crippen molar-refractivity contribution in [1.29, 1.82) is 0 Å². The lowest BCUT2D eigenvalue weighted by Gasteiger charge is -2.40. The van der Waals surface area contributed by atoms with Crippen LogP contribution < -0.4 is 5.56 Å². The first-order chi connectivity index (χ1) is 17.9. The number of halogens is 1. The minimum atomic E-state index is -0.583. The number of hydrogen-bond acceptors (Lipinski definition) is 6. The highest BCUT2D eigenvalue weighted by molar-refractivity contribution is 9.10. The monoisotopic (exact) mass is 605 g/mol. The minimum absolute atomic E-state index is 0.0701. The number of nitrogens with zero attached hydrogens (tertiary/aromatic N) is 3. The van der Waals surface area contributed by atoms with Crippen LogP contribution in [0.25, 0.3) is 10.8 Å². The molecule has 1 aliphatic heterocycles. The van der Waals surface area contributed by atoms with Gasteiger partial charge in [0, 0.05) is 60.2 Å². The summed E-state index contributed by atoms with van der Waals surface area (Å²) in [5.41, 5.74) is -0.598. The molecule has 0 saturated carbocycles. The molecule has 3 rings (SSSR count). The van der Waals surface area contributed by atoms with Crippen molar-refractivity contribution in [3.05, 3.63) is 44.8 Å². The van der Waals surface area contributed by atoms with Gasteiger partial charge in [-0.25, -0.2) is 4.79 Å². The number of piperazine rings is 1. The van der Waals surface area contributed by atoms with Crippen LogP contribution in [0.1, 0.15) is 67.9 Å². The molecule has 9 heteroatoms. The first kappa shape index (κ1) is 31.1. The maximum absolute atomic E-state index is 13.5. The minimum Gasteiger partial charge on any atom is -0.465 e. The van der Waals surface area contributed by atoms with E-state index in [1.54, 1.807) is 9.47 Å². The van der Waals surface area contributed by atoms with Crippen LogP contribution in [0.15, 0.2) is 33.7 Å². The maximum atomic E-state index is 13.5. The van der Waals surface area contributed by atoms with E-state index in [0.29, 0.717) is 38.1 Å². The molecule has 1 saturated heterocycles. The van der Waals surface area contributed by atoms with Gasteiger partial charge in [0.1, 0.15) is 5.60 Å². The third-order valence-electron chi connectivity index (χ3n) is 6.73. The Hall–Kier alpha value is -2.39. The predicted molar refractivity (Wildman–Crippen MR) is 158 cm³/mol. The average molecular weight is 607 g/mol. The maximum Gasteiger partial charge on any atom is 0.410 e. The Balaban J connectivity index is 1.85. The number of carbonyl (C=O) groups is 2. The highest BCUT2D eigenvalue weighted by Gasteiger charge is 2.31. The Morgan fingerprint density at radius 3 is 2.28 bits per heavy atom. The van der Waals surface area contributed by atoms with E-state index in [-0.39, 0.29) is 30.3 Å². The molecule has 1 atom stereocenters. The predicted octanol–water partition coefficient (Wildman–Crippen LogP) is 5.82. The first-order valence-corrected chi connectivity index (χ1v) is 14.4. The fourth-order valence-electron chi connectivity index (χ4n) is 4.61. The summed E-state index contributed by atoms with van der Waals surface area (Å²) in [5.74, 6) is -0.258. The van der Waals surface area contributed by atoms with Crippen LogP contribution in [0, 0.1) is 10.8 Å². The van der Waals surface area contributed by atoms with Crippen molar-refractivity contribution in [2.45, 2.75) is 87.0 Å². The third kappa shape index (κ3) is 8.30. The van der Waals surface area contributed by atoms with Crippen LogP contribution in [0.4, 0.5) is 4.79 Å². The number of esters is 1. The van der Waals surface area contributed by atoms with Gasteiger partial charge in [0.15, 0.2) is 0 Å². The quantitative estimate of drug-likeness (QED) is 0.386. The van der Waals surface area contributed by atoms with Crippen LogP contribution in [0.2, 0.25) is 0 Å². The van der Waals surface area contributed by atoms with Crippen LogP contribution in [0.3, 0.4) is 0 Å². The second kappa shape index (κ2) is 11.6. The second-order valence-corrected chi connectivity index (χ2v) is 14.4. The Morgan fingerprint density at radius 1 is 1.03 bits per heavy atom. The lowest BCUT2D eigenvalue weighted by Crippen LogP contribution is -2.54. The molecule has 2 heterocycles. The van der Waals surface area contributed by atoms with E-state index in [1.807, 2.05) is 79.8 Å². The second-order valence-electron chi connectivity index (χ2n) is 13.5. The molecule has 1 aromatic carbocycles. The molecule has 1 amide bonds. The normalized spacial score (nSPS) is 17.4. The van der Waals surface area contributed by atoms with Crippen molar-refractivity contribution in [2.24, 2.45) is 10.8 Å². The molecule has 1 fully saturated rings. The third-order valence-corrected chi connectivity index (χ3v) is 7.22. The van der Waals surface area contributed by atoms with E-state index in [9.17, 15) is 14.4 Å². The standard InChI is InChI=1S/C30H44BrN3O5/c1-20-15-33(27(37)39-29(5,6)7)13-12-32(20)16-21-17-34(25(35)23-11-10-22(31)14-24(21)23)18-30(8,9)19-38-26(36)28(2,3)4/h10-11,14,17,20H,12-13,15-16,18-19H2,1-9H3. The van der Waals surface area contributed by atoms with Gasteiger partial charge in [0.05, 0.1) is 12.0 Å². The molecule has 0 aliphatic carbocycles. The number of amides is 1. The molecule has 39 heavy (non-hydrogen) atoms. The number of hydrogen-bond donors (Lipinski definition) is 0. The van der Waals surface area contributed by atoms with Gasteiger partial charge in [-0.05, 0) is 77.6 Å². The van der Waals surface area contributed by atoms with E-state index < -0.39 is 16.4 Å². The van der Waals surface area contributed by atoms with Crippen LogP contribution >= 0.6 is 15.9 Å². The number of rotatable bonds is 6. The molecule has 0 spiro atoms. The Labute approximate surface area is 240 Å². The Kier molecular flexibility index (Phi) is 9.27. The van der Waals surface area contributed by atoms with Gasteiger partial charge in [0.25, 0.3) is 5.56 Å². The average Bonchev–Trinajstić information content (AvgIpc) is 2.79. The van der Waals surface area contributed by atoms with E-state index in [0.717, 1.165) is 15.4 Å². The largest absolute Gasteiger partial charge is 0.465 e. The fourth-order valence-corrected chi connectivity index (χ4v) is 4.97. The van der Waals surface area contributed by atoms with E-state index in [4.69, 9.17) is 9.47 Å². The van der Waals surface area contributed by atoms with Crippen LogP contribution in [-0.4, -0.2) is 64.3 Å². The topological polar surface area (TPSA) is 81.1 Å². The molecule has 0 N–H and O–H groups in total. The molecular formula is C30H44BrN3O5. The Bertz CT molecular complexity index is 1270. The molecule has 1 aliphatic rings. The van der Waals surface area contributed by atoms with Crippen molar-refractivity contribution < 1.29 is 19.1 Å². The smallest absolute Gasteiger partial charge is 0.410 e. The summed E-state index contributed by atoms with van der Waals surface area (Å²) < 4.78 is 13.8. The van der Waals surface area contributed by atoms with E-state index in [1.165, 1.54) is 0 Å². The number of fused-ring (bicyclic) bond motifs is 1. The zero-order valence-corrected chi connectivity index (χ0v) is 26.5. The molecule has 1 aromatic heterocycles. The molecule has 0 radical (unpaired) electrons. The van der Waals surface area contributed by atoms with E-state index >= 15 is 0 Å². The summed E-state index contributed by atoms with van der Waals surface area (Å²) in [4.78, 5) is 42.6. The summed E-state index contributed by atoms with van der Waals surface area (Å²) in [7, 11) is 0. The summed E-state index contributed by atoms with van der Waals surface area (Å²) in [6, 6.07) is 5.85. The van der Waals surface area contributed by atoms with Gasteiger partial charge in [-0.2, -0.15) is 0 Å². The number of aromatic nitrogens is 1. The highest BCUT2D eigenvalue weighted by Crippen LogP contribution is 2.27. The van der Waals surface area contributed by atoms with Gasteiger partial charge in [0.2, 0.25) is 0 Å². The number of carbonyl (C=O) groups excluding carboxylic acids is 2. The van der Waals surface area contributed by atoms with Gasteiger partial charge >= 0.3 is 12.1 Å². The molecule has 8 nitrogen and oxygen atoms in total. The number of pyridine rings is 1. The van der Waals surface area contributed by atoms with Gasteiger partial charge in [-0.1, -0.05) is 29.8 Å².